The fourth-order valence-electron chi connectivity index (χ4n) is 2.25. The van der Waals surface area contributed by atoms with Crippen molar-refractivity contribution in [1.82, 2.24) is 5.32 Å². The molecule has 0 aliphatic carbocycles. The van der Waals surface area contributed by atoms with E-state index in [1.807, 2.05) is 32.0 Å². The highest BCUT2D eigenvalue weighted by Crippen LogP contribution is 2.28. The summed E-state index contributed by atoms with van der Waals surface area (Å²) in [5, 5.41) is 2.88. The number of aryl methyl sites for hydroxylation is 2. The lowest BCUT2D eigenvalue weighted by atomic mass is 9.95. The van der Waals surface area contributed by atoms with Crippen LogP contribution in [0.15, 0.2) is 30.3 Å². The molecule has 0 amide bonds. The van der Waals surface area contributed by atoms with E-state index in [0.29, 0.717) is 12.1 Å². The topological polar surface area (TPSA) is 12.0 Å². The fraction of sp³-hybridized carbons (Fsp3) is 0.250. The summed E-state index contributed by atoms with van der Waals surface area (Å²) >= 11 is 0. The lowest BCUT2D eigenvalue weighted by Gasteiger charge is -2.19. The second kappa shape index (κ2) is 5.67. The van der Waals surface area contributed by atoms with E-state index in [9.17, 15) is 13.2 Å². The minimum Gasteiger partial charge on any atom is -0.309 e. The molecular formula is C16H16F3N. The highest BCUT2D eigenvalue weighted by atomic mass is 19.1. The summed E-state index contributed by atoms with van der Waals surface area (Å²) < 4.78 is 40.8. The van der Waals surface area contributed by atoms with E-state index in [1.165, 1.54) is 0 Å². The van der Waals surface area contributed by atoms with Crippen molar-refractivity contribution in [1.29, 1.82) is 0 Å². The normalized spacial score (nSPS) is 12.5. The highest BCUT2D eigenvalue weighted by Gasteiger charge is 2.22. The number of benzene rings is 2. The van der Waals surface area contributed by atoms with Crippen molar-refractivity contribution in [2.75, 3.05) is 7.05 Å². The minimum atomic E-state index is -0.918. The second-order valence-electron chi connectivity index (χ2n) is 4.85. The number of hydrogen-bond acceptors (Lipinski definition) is 1. The van der Waals surface area contributed by atoms with Crippen LogP contribution in [0.25, 0.3) is 0 Å². The van der Waals surface area contributed by atoms with Crippen LogP contribution >= 0.6 is 0 Å². The summed E-state index contributed by atoms with van der Waals surface area (Å²) in [6, 6.07) is 6.32. The van der Waals surface area contributed by atoms with E-state index < -0.39 is 23.5 Å². The fourth-order valence-corrected chi connectivity index (χ4v) is 2.25. The predicted molar refractivity (Wildman–Crippen MR) is 73.1 cm³/mol. The van der Waals surface area contributed by atoms with Crippen LogP contribution in [0.3, 0.4) is 0 Å². The standard InChI is InChI=1S/C16H16F3N/c1-9-4-5-11(6-10(9)2)16(20-3)15-13(18)7-12(17)8-14(15)19/h4-8,16,20H,1-3H3. The Hall–Kier alpha value is -1.81. The first-order chi connectivity index (χ1) is 9.43. The molecule has 0 bridgehead atoms. The molecule has 0 aliphatic heterocycles. The third kappa shape index (κ3) is 2.70. The van der Waals surface area contributed by atoms with Gasteiger partial charge in [-0.2, -0.15) is 0 Å². The molecular weight excluding hydrogens is 263 g/mol. The first-order valence-corrected chi connectivity index (χ1v) is 6.33. The van der Waals surface area contributed by atoms with Crippen molar-refractivity contribution >= 4 is 0 Å². The van der Waals surface area contributed by atoms with Gasteiger partial charge in [0, 0.05) is 17.7 Å². The Morgan fingerprint density at radius 2 is 1.50 bits per heavy atom. The third-order valence-corrected chi connectivity index (χ3v) is 3.49. The molecule has 106 valence electrons. The van der Waals surface area contributed by atoms with Crippen molar-refractivity contribution in [3.63, 3.8) is 0 Å². The first-order valence-electron chi connectivity index (χ1n) is 6.33. The zero-order valence-corrected chi connectivity index (χ0v) is 11.6. The average Bonchev–Trinajstić information content (AvgIpc) is 2.37. The summed E-state index contributed by atoms with van der Waals surface area (Å²) in [6.45, 7) is 3.90. The molecule has 2 rings (SSSR count). The molecule has 0 aliphatic rings. The molecule has 1 atom stereocenters. The first kappa shape index (κ1) is 14.6. The van der Waals surface area contributed by atoms with Gasteiger partial charge in [-0.1, -0.05) is 18.2 Å². The third-order valence-electron chi connectivity index (χ3n) is 3.49. The summed E-state index contributed by atoms with van der Waals surface area (Å²) in [4.78, 5) is 0. The molecule has 0 spiro atoms. The van der Waals surface area contributed by atoms with E-state index >= 15 is 0 Å². The maximum atomic E-state index is 13.9. The summed E-state index contributed by atoms with van der Waals surface area (Å²) in [7, 11) is 1.61. The molecule has 0 saturated heterocycles. The van der Waals surface area contributed by atoms with Gasteiger partial charge in [0.05, 0.1) is 6.04 Å². The van der Waals surface area contributed by atoms with E-state index in [1.54, 1.807) is 7.05 Å². The van der Waals surface area contributed by atoms with Gasteiger partial charge in [0.2, 0.25) is 0 Å². The van der Waals surface area contributed by atoms with Crippen LogP contribution in [0.1, 0.15) is 28.3 Å². The molecule has 0 radical (unpaired) electrons. The van der Waals surface area contributed by atoms with Crippen molar-refractivity contribution in [2.24, 2.45) is 0 Å². The van der Waals surface area contributed by atoms with Crippen LogP contribution in [-0.4, -0.2) is 7.05 Å². The van der Waals surface area contributed by atoms with Crippen LogP contribution in [-0.2, 0) is 0 Å². The Balaban J connectivity index is 2.55. The summed E-state index contributed by atoms with van der Waals surface area (Å²) in [6.07, 6.45) is 0. The van der Waals surface area contributed by atoms with Gasteiger partial charge in [-0.3, -0.25) is 0 Å². The molecule has 2 aromatic rings. The van der Waals surface area contributed by atoms with Crippen molar-refractivity contribution in [3.8, 4) is 0 Å². The summed E-state index contributed by atoms with van der Waals surface area (Å²) in [5.74, 6) is -2.70. The van der Waals surface area contributed by atoms with Crippen molar-refractivity contribution < 1.29 is 13.2 Å². The van der Waals surface area contributed by atoms with Gasteiger partial charge in [0.25, 0.3) is 0 Å². The van der Waals surface area contributed by atoms with Gasteiger partial charge in [0.15, 0.2) is 0 Å². The van der Waals surface area contributed by atoms with E-state index in [2.05, 4.69) is 5.32 Å². The molecule has 0 heterocycles. The van der Waals surface area contributed by atoms with Gasteiger partial charge in [0.1, 0.15) is 17.5 Å². The van der Waals surface area contributed by atoms with Crippen LogP contribution < -0.4 is 5.32 Å². The number of rotatable bonds is 3. The Morgan fingerprint density at radius 3 is 2.00 bits per heavy atom. The second-order valence-corrected chi connectivity index (χ2v) is 4.85. The van der Waals surface area contributed by atoms with Gasteiger partial charge >= 0.3 is 0 Å². The largest absolute Gasteiger partial charge is 0.309 e. The molecule has 0 fully saturated rings. The minimum absolute atomic E-state index is 0.169. The van der Waals surface area contributed by atoms with Gasteiger partial charge < -0.3 is 5.32 Å². The lowest BCUT2D eigenvalue weighted by molar-refractivity contribution is 0.500. The highest BCUT2D eigenvalue weighted by molar-refractivity contribution is 5.38. The number of nitrogens with one attached hydrogen (secondary N) is 1. The SMILES string of the molecule is CNC(c1ccc(C)c(C)c1)c1c(F)cc(F)cc1F. The molecule has 0 aromatic heterocycles. The zero-order chi connectivity index (χ0) is 14.9. The van der Waals surface area contributed by atoms with Gasteiger partial charge in [-0.15, -0.1) is 0 Å². The van der Waals surface area contributed by atoms with Gasteiger partial charge in [-0.25, -0.2) is 13.2 Å². The predicted octanol–water partition coefficient (Wildman–Crippen LogP) is 4.03. The maximum absolute atomic E-state index is 13.9. The van der Waals surface area contributed by atoms with Crippen LogP contribution in [0.5, 0.6) is 0 Å². The van der Waals surface area contributed by atoms with Crippen LogP contribution in [0, 0.1) is 31.3 Å². The molecule has 4 heteroatoms. The van der Waals surface area contributed by atoms with Gasteiger partial charge in [-0.05, 0) is 37.6 Å². The van der Waals surface area contributed by atoms with E-state index in [0.717, 1.165) is 16.7 Å². The average molecular weight is 279 g/mol. The quantitative estimate of drug-likeness (QED) is 0.894. The zero-order valence-electron chi connectivity index (χ0n) is 11.6. The van der Waals surface area contributed by atoms with Crippen LogP contribution in [0.4, 0.5) is 13.2 Å². The van der Waals surface area contributed by atoms with E-state index in [-0.39, 0.29) is 5.56 Å². The number of halogens is 3. The lowest BCUT2D eigenvalue weighted by Crippen LogP contribution is -2.21. The van der Waals surface area contributed by atoms with Crippen molar-refractivity contribution in [2.45, 2.75) is 19.9 Å². The Morgan fingerprint density at radius 1 is 0.900 bits per heavy atom. The molecule has 0 saturated carbocycles. The van der Waals surface area contributed by atoms with E-state index in [4.69, 9.17) is 0 Å². The number of hydrogen-bond donors (Lipinski definition) is 1. The molecule has 1 nitrogen and oxygen atoms in total. The van der Waals surface area contributed by atoms with Crippen molar-refractivity contribution in [3.05, 3.63) is 70.0 Å². The molecule has 2 aromatic carbocycles. The Kier molecular flexibility index (Phi) is 4.14. The molecule has 1 unspecified atom stereocenters. The Bertz CT molecular complexity index is 615. The summed E-state index contributed by atoms with van der Waals surface area (Å²) in [5.41, 5.74) is 2.70. The smallest absolute Gasteiger partial charge is 0.134 e. The van der Waals surface area contributed by atoms with Crippen LogP contribution in [0.2, 0.25) is 0 Å². The Labute approximate surface area is 116 Å². The molecule has 20 heavy (non-hydrogen) atoms. The maximum Gasteiger partial charge on any atom is 0.134 e. The monoisotopic (exact) mass is 279 g/mol. The molecule has 1 N–H and O–H groups in total.